The molecule has 5 aliphatic rings. The molecule has 5 aliphatic carbocycles. The predicted molar refractivity (Wildman–Crippen MR) is 163 cm³/mol. The summed E-state index contributed by atoms with van der Waals surface area (Å²) in [6.45, 7) is 17.2. The first kappa shape index (κ1) is 27.3. The van der Waals surface area contributed by atoms with Crippen LogP contribution in [0.5, 0.6) is 0 Å². The summed E-state index contributed by atoms with van der Waals surface area (Å²) < 4.78 is 0. The number of aromatic amines is 2. The van der Waals surface area contributed by atoms with Crippen molar-refractivity contribution in [2.45, 2.75) is 105 Å². The van der Waals surface area contributed by atoms with E-state index in [1.54, 1.807) is 5.57 Å². The summed E-state index contributed by atoms with van der Waals surface area (Å²) in [6, 6.07) is 2.26. The summed E-state index contributed by atoms with van der Waals surface area (Å²) in [4.78, 5) is 16.0. The molecule has 2 aromatic heterocycles. The minimum Gasteiger partial charge on any atom is -0.481 e. The second-order valence-electron chi connectivity index (χ2n) is 16.8. The van der Waals surface area contributed by atoms with Crippen molar-refractivity contribution in [2.75, 3.05) is 5.73 Å². The Bertz CT molecular complexity index is 1430. The quantitative estimate of drug-likeness (QED) is 0.304. The molecule has 6 nitrogen and oxygen atoms in total. The summed E-state index contributed by atoms with van der Waals surface area (Å²) in [5.41, 5.74) is 13.7. The molecule has 2 heterocycles. The first-order valence-corrected chi connectivity index (χ1v) is 16.1. The van der Waals surface area contributed by atoms with Crippen LogP contribution < -0.4 is 5.73 Å². The highest BCUT2D eigenvalue weighted by molar-refractivity contribution is 5.74. The zero-order valence-corrected chi connectivity index (χ0v) is 26.2. The highest BCUT2D eigenvalue weighted by atomic mass is 16.4. The number of hydrogen-bond donors (Lipinski definition) is 4. The molecule has 6 heteroatoms. The van der Waals surface area contributed by atoms with Gasteiger partial charge in [-0.05, 0) is 114 Å². The van der Waals surface area contributed by atoms with Crippen molar-refractivity contribution in [3.05, 3.63) is 40.9 Å². The van der Waals surface area contributed by atoms with E-state index in [-0.39, 0.29) is 38.9 Å². The fourth-order valence-corrected chi connectivity index (χ4v) is 12.2. The molecule has 0 aromatic carbocycles. The van der Waals surface area contributed by atoms with Crippen molar-refractivity contribution in [2.24, 2.45) is 51.2 Å². The second-order valence-corrected chi connectivity index (χ2v) is 16.8. The Morgan fingerprint density at radius 2 is 1.80 bits per heavy atom. The minimum absolute atomic E-state index is 0.0166. The molecule has 8 atom stereocenters. The number of nitrogens with zero attached hydrogens (tertiary/aromatic N) is 1. The van der Waals surface area contributed by atoms with Crippen LogP contribution in [-0.2, 0) is 16.6 Å². The Kier molecular flexibility index (Phi) is 5.55. The molecule has 0 aliphatic heterocycles. The van der Waals surface area contributed by atoms with E-state index in [1.165, 1.54) is 35.2 Å². The fourth-order valence-electron chi connectivity index (χ4n) is 12.2. The van der Waals surface area contributed by atoms with Crippen molar-refractivity contribution < 1.29 is 9.90 Å². The number of carboxylic acids is 1. The van der Waals surface area contributed by atoms with Gasteiger partial charge < -0.3 is 15.8 Å². The number of nitrogens with two attached hydrogens (primary N) is 1. The van der Waals surface area contributed by atoms with E-state index < -0.39 is 5.97 Å². The number of aliphatic carboxylic acids is 1. The van der Waals surface area contributed by atoms with Crippen LogP contribution in [0.4, 0.5) is 5.82 Å². The molecule has 3 fully saturated rings. The number of anilines is 1. The van der Waals surface area contributed by atoms with E-state index in [9.17, 15) is 9.90 Å². The van der Waals surface area contributed by atoms with Gasteiger partial charge in [-0.25, -0.2) is 0 Å². The van der Waals surface area contributed by atoms with E-state index in [4.69, 9.17) is 5.73 Å². The van der Waals surface area contributed by atoms with Crippen molar-refractivity contribution in [3.8, 4) is 0 Å². The summed E-state index contributed by atoms with van der Waals surface area (Å²) in [5.74, 6) is 1.42. The van der Waals surface area contributed by atoms with E-state index in [0.29, 0.717) is 23.6 Å². The minimum atomic E-state index is -0.592. The number of nitrogen functional groups attached to an aromatic ring is 1. The van der Waals surface area contributed by atoms with E-state index in [1.807, 2.05) is 0 Å². The highest BCUT2D eigenvalue weighted by Gasteiger charge is 2.68. The lowest BCUT2D eigenvalue weighted by atomic mass is 9.33. The van der Waals surface area contributed by atoms with Gasteiger partial charge in [0.25, 0.3) is 0 Å². The summed E-state index contributed by atoms with van der Waals surface area (Å²) in [7, 11) is 0. The third-order valence-electron chi connectivity index (χ3n) is 14.1. The summed E-state index contributed by atoms with van der Waals surface area (Å²) >= 11 is 0. The average Bonchev–Trinajstić information content (AvgIpc) is 3.54. The number of aromatic nitrogens is 3. The van der Waals surface area contributed by atoms with Gasteiger partial charge in [0.15, 0.2) is 0 Å². The van der Waals surface area contributed by atoms with Gasteiger partial charge in [-0.2, -0.15) is 5.10 Å². The normalized spacial score (nSPS) is 42.4. The molecule has 3 saturated carbocycles. The molecule has 41 heavy (non-hydrogen) atoms. The van der Waals surface area contributed by atoms with Gasteiger partial charge in [0.05, 0.1) is 5.92 Å². The number of carbonyl (C=O) groups is 1. The van der Waals surface area contributed by atoms with Crippen molar-refractivity contribution in [1.29, 1.82) is 0 Å². The van der Waals surface area contributed by atoms with Gasteiger partial charge in [-0.15, -0.1) is 0 Å². The van der Waals surface area contributed by atoms with Gasteiger partial charge in [0.2, 0.25) is 0 Å². The van der Waals surface area contributed by atoms with Crippen molar-refractivity contribution >= 4 is 17.4 Å². The second kappa shape index (κ2) is 8.32. The van der Waals surface area contributed by atoms with Crippen LogP contribution in [0.1, 0.15) is 110 Å². The number of rotatable bonds is 2. The van der Waals surface area contributed by atoms with Crippen LogP contribution in [0.15, 0.2) is 24.0 Å². The number of fused-ring (bicyclic) bond motifs is 8. The van der Waals surface area contributed by atoms with Crippen molar-refractivity contribution in [3.63, 3.8) is 0 Å². The maximum Gasteiger partial charge on any atom is 0.306 e. The molecule has 5 N–H and O–H groups in total. The number of allylic oxidation sites excluding steroid dienone is 2. The maximum absolute atomic E-state index is 12.7. The number of carboxylic acid groups (broad SMARTS) is 1. The number of nitrogens with one attached hydrogen (secondary N) is 2. The first-order chi connectivity index (χ1) is 19.1. The van der Waals surface area contributed by atoms with Gasteiger partial charge in [0.1, 0.15) is 5.82 Å². The Hall–Kier alpha value is -2.50. The smallest absolute Gasteiger partial charge is 0.306 e. The SMILES string of the molecule is CC1(C)CC2C3=C(c4cc[nH]c4)CC4C5(C)Cc6c(N)n[nH]c6C(C)(C)C5CCC4(C)C3(C)CCC2[C@H](C(=O)O)C1. The Morgan fingerprint density at radius 3 is 2.49 bits per heavy atom. The largest absolute Gasteiger partial charge is 0.481 e. The van der Waals surface area contributed by atoms with Gasteiger partial charge in [-0.3, -0.25) is 9.89 Å². The predicted octanol–water partition coefficient (Wildman–Crippen LogP) is 7.60. The first-order valence-electron chi connectivity index (χ1n) is 16.1. The molecule has 0 saturated heterocycles. The number of hydrogen-bond acceptors (Lipinski definition) is 3. The molecule has 7 unspecified atom stereocenters. The zero-order chi connectivity index (χ0) is 29.3. The van der Waals surface area contributed by atoms with E-state index in [2.05, 4.69) is 82.1 Å². The summed E-state index contributed by atoms with van der Waals surface area (Å²) in [6.07, 6.45) is 12.7. The lowest BCUT2D eigenvalue weighted by molar-refractivity contribution is -0.161. The van der Waals surface area contributed by atoms with Crippen LogP contribution in [-0.4, -0.2) is 26.3 Å². The molecular formula is C35H50N4O2. The van der Waals surface area contributed by atoms with Gasteiger partial charge in [0, 0.05) is 29.1 Å². The fraction of sp³-hybridized carbons (Fsp3) is 0.714. The molecule has 2 aromatic rings. The Labute approximate surface area is 245 Å². The van der Waals surface area contributed by atoms with Crippen LogP contribution in [0.3, 0.4) is 0 Å². The van der Waals surface area contributed by atoms with Crippen LogP contribution in [0.2, 0.25) is 0 Å². The van der Waals surface area contributed by atoms with Crippen LogP contribution in [0, 0.1) is 51.2 Å². The lowest BCUT2D eigenvalue weighted by Gasteiger charge is -2.70. The molecular weight excluding hydrogens is 508 g/mol. The summed E-state index contributed by atoms with van der Waals surface area (Å²) in [5, 5.41) is 18.3. The molecule has 0 radical (unpaired) electrons. The molecule has 0 amide bonds. The molecule has 222 valence electrons. The van der Waals surface area contributed by atoms with Crippen molar-refractivity contribution in [1.82, 2.24) is 15.2 Å². The van der Waals surface area contributed by atoms with Gasteiger partial charge >= 0.3 is 5.97 Å². The maximum atomic E-state index is 12.7. The molecule has 0 spiro atoms. The monoisotopic (exact) mass is 558 g/mol. The van der Waals surface area contributed by atoms with Crippen LogP contribution >= 0.6 is 0 Å². The topological polar surface area (TPSA) is 108 Å². The third kappa shape index (κ3) is 3.42. The molecule has 0 bridgehead atoms. The zero-order valence-electron chi connectivity index (χ0n) is 26.2. The lowest BCUT2D eigenvalue weighted by Crippen LogP contribution is -2.64. The highest BCUT2D eigenvalue weighted by Crippen LogP contribution is 2.76. The Balaban J connectivity index is 1.44. The van der Waals surface area contributed by atoms with Gasteiger partial charge in [-0.1, -0.05) is 54.0 Å². The van der Waals surface area contributed by atoms with Crippen LogP contribution in [0.25, 0.3) is 5.57 Å². The third-order valence-corrected chi connectivity index (χ3v) is 14.1. The van der Waals surface area contributed by atoms with E-state index >= 15 is 0 Å². The molecule has 7 rings (SSSR count). The average molecular weight is 559 g/mol. The number of H-pyrrole nitrogens is 2. The Morgan fingerprint density at radius 1 is 1.05 bits per heavy atom. The standard InChI is InChI=1S/C35H50N4O2/c1-31(2)15-22-20(23(16-31)30(40)41)8-11-35(7)27(22)21(19-10-13-37-18-19)14-26-33(5)17-24-28(38-39-29(24)36)32(3,4)25(33)9-12-34(26,35)6/h10,13,18,20,22-23,25-26,37H,8-9,11-12,14-17H2,1-7H3,(H,40,41)(H3,36,38,39)/t20?,22?,23-,25?,26?,33?,34?,35?/m1/s1. The van der Waals surface area contributed by atoms with E-state index in [0.717, 1.165) is 38.5 Å².